The zero-order valence-electron chi connectivity index (χ0n) is 11.9. The molecule has 0 amide bonds. The summed E-state index contributed by atoms with van der Waals surface area (Å²) < 4.78 is 5.15. The Hall–Kier alpha value is -1.10. The minimum absolute atomic E-state index is 0.190. The van der Waals surface area contributed by atoms with Crippen molar-refractivity contribution in [3.05, 3.63) is 29.3 Å². The predicted molar refractivity (Wildman–Crippen MR) is 77.6 cm³/mol. The number of aliphatic hydroxyl groups excluding tert-OH is 1. The Morgan fingerprint density at radius 1 is 1.47 bits per heavy atom. The number of benzene rings is 1. The van der Waals surface area contributed by atoms with Gasteiger partial charge in [0.1, 0.15) is 0 Å². The molecular formula is C15H24N2O2. The van der Waals surface area contributed by atoms with Crippen molar-refractivity contribution >= 4 is 5.69 Å². The van der Waals surface area contributed by atoms with Crippen molar-refractivity contribution in [3.8, 4) is 0 Å². The van der Waals surface area contributed by atoms with E-state index in [2.05, 4.69) is 35.5 Å². The first kappa shape index (κ1) is 14.3. The number of likely N-dealkylation sites (N-methyl/N-ethyl adjacent to an activating group) is 1. The minimum atomic E-state index is 0.190. The summed E-state index contributed by atoms with van der Waals surface area (Å²) in [5.41, 5.74) is 4.09. The molecule has 1 aromatic rings. The molecule has 106 valence electrons. The molecule has 19 heavy (non-hydrogen) atoms. The number of ether oxygens (including phenoxy) is 1. The van der Waals surface area contributed by atoms with Gasteiger partial charge in [0.15, 0.2) is 0 Å². The van der Waals surface area contributed by atoms with E-state index in [0.29, 0.717) is 6.61 Å². The second-order valence-corrected chi connectivity index (χ2v) is 5.18. The lowest BCUT2D eigenvalue weighted by Crippen LogP contribution is -2.33. The Kier molecular flexibility index (Phi) is 5.19. The van der Waals surface area contributed by atoms with Gasteiger partial charge in [-0.05, 0) is 30.0 Å². The van der Waals surface area contributed by atoms with Gasteiger partial charge in [-0.25, -0.2) is 0 Å². The lowest BCUT2D eigenvalue weighted by molar-refractivity contribution is 0.148. The van der Waals surface area contributed by atoms with E-state index >= 15 is 0 Å². The average molecular weight is 264 g/mol. The van der Waals surface area contributed by atoms with Gasteiger partial charge < -0.3 is 20.1 Å². The molecule has 1 atom stereocenters. The number of methoxy groups -OCH3 is 1. The van der Waals surface area contributed by atoms with Crippen LogP contribution in [0.25, 0.3) is 0 Å². The van der Waals surface area contributed by atoms with Gasteiger partial charge in [-0.15, -0.1) is 0 Å². The summed E-state index contributed by atoms with van der Waals surface area (Å²) in [6, 6.07) is 6.88. The molecule has 0 saturated heterocycles. The molecule has 0 aliphatic carbocycles. The molecule has 1 heterocycles. The molecule has 1 aromatic carbocycles. The molecule has 0 saturated carbocycles. The smallest absolute Gasteiger partial charge is 0.0616 e. The largest absolute Gasteiger partial charge is 0.396 e. The van der Waals surface area contributed by atoms with Gasteiger partial charge in [-0.3, -0.25) is 0 Å². The zero-order valence-corrected chi connectivity index (χ0v) is 11.9. The van der Waals surface area contributed by atoms with Crippen LogP contribution >= 0.6 is 0 Å². The molecule has 0 bridgehead atoms. The summed E-state index contributed by atoms with van der Waals surface area (Å²) in [6.07, 6.45) is 1.86. The zero-order chi connectivity index (χ0) is 13.7. The van der Waals surface area contributed by atoms with Crippen LogP contribution in [0.3, 0.4) is 0 Å². The highest BCUT2D eigenvalue weighted by atomic mass is 16.5. The van der Waals surface area contributed by atoms with Crippen molar-refractivity contribution in [2.75, 3.05) is 38.8 Å². The van der Waals surface area contributed by atoms with Crippen LogP contribution < -0.4 is 10.2 Å². The third kappa shape index (κ3) is 3.69. The molecule has 2 rings (SSSR count). The second kappa shape index (κ2) is 6.89. The van der Waals surface area contributed by atoms with Gasteiger partial charge in [0.25, 0.3) is 0 Å². The Morgan fingerprint density at radius 3 is 3.05 bits per heavy atom. The van der Waals surface area contributed by atoms with Gasteiger partial charge in [0.05, 0.1) is 6.61 Å². The van der Waals surface area contributed by atoms with Crippen LogP contribution in [-0.2, 0) is 17.7 Å². The number of anilines is 1. The van der Waals surface area contributed by atoms with Crippen LogP contribution in [-0.4, -0.2) is 45.1 Å². The first-order chi connectivity index (χ1) is 9.24. The molecule has 0 fully saturated rings. The van der Waals surface area contributed by atoms with Crippen molar-refractivity contribution in [2.24, 2.45) is 0 Å². The van der Waals surface area contributed by atoms with Crippen LogP contribution in [0.4, 0.5) is 5.69 Å². The SMILES string of the molecule is COCC(CCO)NCc1ccc2c(c1)CCN2C. The first-order valence-electron chi connectivity index (χ1n) is 6.90. The number of aliphatic hydroxyl groups is 1. The number of fused-ring (bicyclic) bond motifs is 1. The van der Waals surface area contributed by atoms with Gasteiger partial charge in [0.2, 0.25) is 0 Å². The number of nitrogens with zero attached hydrogens (tertiary/aromatic N) is 1. The monoisotopic (exact) mass is 264 g/mol. The molecule has 1 aliphatic heterocycles. The van der Waals surface area contributed by atoms with E-state index in [1.54, 1.807) is 7.11 Å². The first-order valence-corrected chi connectivity index (χ1v) is 6.90. The highest BCUT2D eigenvalue weighted by molar-refractivity contribution is 5.58. The third-order valence-electron chi connectivity index (χ3n) is 3.71. The van der Waals surface area contributed by atoms with Gasteiger partial charge in [-0.1, -0.05) is 12.1 Å². The fourth-order valence-electron chi connectivity index (χ4n) is 2.59. The molecule has 2 N–H and O–H groups in total. The normalized spacial score (nSPS) is 15.6. The molecular weight excluding hydrogens is 240 g/mol. The average Bonchev–Trinajstić information content (AvgIpc) is 2.78. The summed E-state index contributed by atoms with van der Waals surface area (Å²) in [5, 5.41) is 12.5. The van der Waals surface area contributed by atoms with Crippen molar-refractivity contribution in [2.45, 2.75) is 25.4 Å². The Labute approximate surface area is 115 Å². The van der Waals surface area contributed by atoms with Crippen molar-refractivity contribution in [1.29, 1.82) is 0 Å². The van der Waals surface area contributed by atoms with Gasteiger partial charge in [-0.2, -0.15) is 0 Å². The highest BCUT2D eigenvalue weighted by Crippen LogP contribution is 2.27. The fraction of sp³-hybridized carbons (Fsp3) is 0.600. The maximum absolute atomic E-state index is 9.02. The molecule has 1 aliphatic rings. The summed E-state index contributed by atoms with van der Waals surface area (Å²) in [4.78, 5) is 2.30. The topological polar surface area (TPSA) is 44.7 Å². The summed E-state index contributed by atoms with van der Waals surface area (Å²) in [7, 11) is 3.83. The maximum atomic E-state index is 9.02. The van der Waals surface area contributed by atoms with E-state index in [0.717, 1.165) is 25.9 Å². The number of rotatable bonds is 7. The van der Waals surface area contributed by atoms with Gasteiger partial charge in [0, 0.05) is 45.6 Å². The van der Waals surface area contributed by atoms with Crippen LogP contribution in [0.1, 0.15) is 17.5 Å². The molecule has 0 aromatic heterocycles. The van der Waals surface area contributed by atoms with Crippen LogP contribution in [0, 0.1) is 0 Å². The third-order valence-corrected chi connectivity index (χ3v) is 3.71. The summed E-state index contributed by atoms with van der Waals surface area (Å²) in [5.74, 6) is 0. The van der Waals surface area contributed by atoms with E-state index in [1.165, 1.54) is 16.8 Å². The van der Waals surface area contributed by atoms with Crippen LogP contribution in [0.2, 0.25) is 0 Å². The van der Waals surface area contributed by atoms with Crippen molar-refractivity contribution in [3.63, 3.8) is 0 Å². The summed E-state index contributed by atoms with van der Waals surface area (Å²) >= 11 is 0. The van der Waals surface area contributed by atoms with Crippen molar-refractivity contribution in [1.82, 2.24) is 5.32 Å². The molecule has 1 unspecified atom stereocenters. The van der Waals surface area contributed by atoms with Crippen LogP contribution in [0.15, 0.2) is 18.2 Å². The number of hydrogen-bond acceptors (Lipinski definition) is 4. The molecule has 4 nitrogen and oxygen atoms in total. The number of nitrogens with one attached hydrogen (secondary N) is 1. The van der Waals surface area contributed by atoms with Gasteiger partial charge >= 0.3 is 0 Å². The maximum Gasteiger partial charge on any atom is 0.0616 e. The molecule has 0 spiro atoms. The summed E-state index contributed by atoms with van der Waals surface area (Å²) in [6.45, 7) is 2.76. The second-order valence-electron chi connectivity index (χ2n) is 5.18. The lowest BCUT2D eigenvalue weighted by Gasteiger charge is -2.17. The minimum Gasteiger partial charge on any atom is -0.396 e. The van der Waals surface area contributed by atoms with Crippen molar-refractivity contribution < 1.29 is 9.84 Å². The Balaban J connectivity index is 1.92. The molecule has 0 radical (unpaired) electrons. The fourth-order valence-corrected chi connectivity index (χ4v) is 2.59. The molecule has 4 heteroatoms. The van der Waals surface area contributed by atoms with E-state index < -0.39 is 0 Å². The van der Waals surface area contributed by atoms with Crippen LogP contribution in [0.5, 0.6) is 0 Å². The van der Waals surface area contributed by atoms with E-state index in [4.69, 9.17) is 9.84 Å². The Bertz CT molecular complexity index is 403. The van der Waals surface area contributed by atoms with E-state index in [9.17, 15) is 0 Å². The standard InChI is InChI=1S/C15H24N2O2/c1-17-7-5-13-9-12(3-4-15(13)17)10-16-14(6-8-18)11-19-2/h3-4,9,14,16,18H,5-8,10-11H2,1-2H3. The number of hydrogen-bond donors (Lipinski definition) is 2. The predicted octanol–water partition coefficient (Wildman–Crippen LogP) is 1.17. The van der Waals surface area contributed by atoms with E-state index in [1.807, 2.05) is 0 Å². The quantitative estimate of drug-likeness (QED) is 0.776. The highest BCUT2D eigenvalue weighted by Gasteiger charge is 2.15. The van der Waals surface area contributed by atoms with E-state index in [-0.39, 0.29) is 12.6 Å². The lowest BCUT2D eigenvalue weighted by atomic mass is 10.1. The Morgan fingerprint density at radius 2 is 2.32 bits per heavy atom.